The van der Waals surface area contributed by atoms with Crippen molar-refractivity contribution in [1.82, 2.24) is 0 Å². The van der Waals surface area contributed by atoms with E-state index in [1.807, 2.05) is 0 Å². The lowest BCUT2D eigenvalue weighted by Crippen LogP contribution is -2.61. The molecule has 11 unspecified atom stereocenters. The Morgan fingerprint density at radius 1 is 0.493 bits per heavy atom. The second-order valence-electron chi connectivity index (χ2n) is 18.3. The largest absolute Gasteiger partial charge is 0.457 e. The lowest BCUT2D eigenvalue weighted by molar-refractivity contribution is -0.332. The molecule has 0 aromatic rings. The van der Waals surface area contributed by atoms with Gasteiger partial charge in [0.25, 0.3) is 0 Å². The van der Waals surface area contributed by atoms with E-state index in [-0.39, 0.29) is 19.6 Å². The fourth-order valence-corrected chi connectivity index (χ4v) is 7.95. The first kappa shape index (κ1) is 62.5. The van der Waals surface area contributed by atoms with E-state index in [2.05, 4.69) is 86.8 Å². The highest BCUT2D eigenvalue weighted by molar-refractivity contribution is 5.69. The van der Waals surface area contributed by atoms with Crippen LogP contribution in [-0.4, -0.2) is 142 Å². The van der Waals surface area contributed by atoms with Crippen molar-refractivity contribution in [3.8, 4) is 0 Å². The highest BCUT2D eigenvalue weighted by Gasteiger charge is 2.47. The Balaban J connectivity index is 1.79. The second-order valence-corrected chi connectivity index (χ2v) is 18.3. The molecule has 2 aliphatic heterocycles. The van der Waals surface area contributed by atoms with Crippen LogP contribution in [0, 0.1) is 0 Å². The summed E-state index contributed by atoms with van der Waals surface area (Å²) in [7, 11) is 0. The zero-order valence-corrected chi connectivity index (χ0v) is 42.3. The van der Waals surface area contributed by atoms with Gasteiger partial charge in [0.15, 0.2) is 12.6 Å². The average Bonchev–Trinajstić information content (AvgIpc) is 3.35. The van der Waals surface area contributed by atoms with Gasteiger partial charge in [0.2, 0.25) is 0 Å². The average molecular weight is 979 g/mol. The van der Waals surface area contributed by atoms with Crippen LogP contribution < -0.4 is 0 Å². The summed E-state index contributed by atoms with van der Waals surface area (Å²) in [6.45, 7) is 3.41. The van der Waals surface area contributed by atoms with E-state index in [4.69, 9.17) is 28.4 Å². The molecule has 0 aromatic carbocycles. The van der Waals surface area contributed by atoms with Gasteiger partial charge in [-0.2, -0.15) is 0 Å². The normalized spacial score (nSPS) is 26.3. The summed E-state index contributed by atoms with van der Waals surface area (Å²) in [6, 6.07) is 0. The molecule has 0 aliphatic carbocycles. The summed E-state index contributed by atoms with van der Waals surface area (Å²) in [5.74, 6) is -0.397. The van der Waals surface area contributed by atoms with Gasteiger partial charge in [0.1, 0.15) is 54.9 Å². The van der Waals surface area contributed by atoms with Crippen molar-refractivity contribution in [2.75, 3.05) is 33.0 Å². The smallest absolute Gasteiger partial charge is 0.306 e. The minimum Gasteiger partial charge on any atom is -0.457 e. The molecule has 0 radical (unpaired) electrons. The number of aliphatic hydroxyl groups is 7. The first-order valence-corrected chi connectivity index (χ1v) is 26.5. The van der Waals surface area contributed by atoms with Gasteiger partial charge in [-0.1, -0.05) is 177 Å². The summed E-state index contributed by atoms with van der Waals surface area (Å²) in [4.78, 5) is 13.0. The Kier molecular flexibility index (Phi) is 38.1. The van der Waals surface area contributed by atoms with Crippen molar-refractivity contribution >= 4 is 5.97 Å². The first-order chi connectivity index (χ1) is 33.6. The third kappa shape index (κ3) is 29.5. The molecule has 7 N–H and O–H groups in total. The van der Waals surface area contributed by atoms with Crippen LogP contribution in [0.4, 0.5) is 0 Å². The quantitative estimate of drug-likeness (QED) is 0.0175. The van der Waals surface area contributed by atoms with E-state index >= 15 is 0 Å². The minimum atomic E-state index is -1.72. The summed E-state index contributed by atoms with van der Waals surface area (Å²) < 4.78 is 34.2. The number of carbonyl (C=O) groups is 1. The van der Waals surface area contributed by atoms with E-state index in [9.17, 15) is 40.5 Å². The number of hydrogen-bond acceptors (Lipinski definition) is 14. The highest BCUT2D eigenvalue weighted by Crippen LogP contribution is 2.26. The molecule has 2 saturated heterocycles. The third-order valence-electron chi connectivity index (χ3n) is 12.2. The van der Waals surface area contributed by atoms with Gasteiger partial charge in [0, 0.05) is 13.0 Å². The Morgan fingerprint density at radius 2 is 0.928 bits per heavy atom. The number of carbonyl (C=O) groups excluding carboxylic acids is 1. The van der Waals surface area contributed by atoms with Crippen molar-refractivity contribution < 1.29 is 69.0 Å². The van der Waals surface area contributed by atoms with Crippen molar-refractivity contribution in [2.45, 2.75) is 235 Å². The van der Waals surface area contributed by atoms with Crippen LogP contribution in [0.1, 0.15) is 168 Å². The van der Waals surface area contributed by atoms with Crippen molar-refractivity contribution in [3.63, 3.8) is 0 Å². The summed E-state index contributed by atoms with van der Waals surface area (Å²) in [5.41, 5.74) is 0. The molecule has 2 aliphatic rings. The number of rotatable bonds is 41. The molecule has 11 atom stereocenters. The lowest BCUT2D eigenvalue weighted by atomic mass is 9.98. The molecule has 0 amide bonds. The predicted octanol–water partition coefficient (Wildman–Crippen LogP) is 8.29. The molecule has 2 rings (SSSR count). The molecule has 14 heteroatoms. The summed E-state index contributed by atoms with van der Waals surface area (Å²) in [6.07, 6.45) is 35.4. The van der Waals surface area contributed by atoms with Gasteiger partial charge in [-0.25, -0.2) is 0 Å². The Hall–Kier alpha value is -2.57. The second kappa shape index (κ2) is 42.0. The molecule has 0 saturated carbocycles. The maximum absolute atomic E-state index is 13.0. The number of aliphatic hydroxyl groups excluding tert-OH is 7. The van der Waals surface area contributed by atoms with Crippen LogP contribution in [0.5, 0.6) is 0 Å². The molecular weight excluding hydrogens is 885 g/mol. The van der Waals surface area contributed by atoms with E-state index in [0.717, 1.165) is 70.6 Å². The van der Waals surface area contributed by atoms with E-state index in [0.29, 0.717) is 13.0 Å². The van der Waals surface area contributed by atoms with Crippen LogP contribution in [0.15, 0.2) is 72.9 Å². The predicted molar refractivity (Wildman–Crippen MR) is 270 cm³/mol. The monoisotopic (exact) mass is 979 g/mol. The van der Waals surface area contributed by atoms with Gasteiger partial charge >= 0.3 is 5.97 Å². The van der Waals surface area contributed by atoms with Crippen molar-refractivity contribution in [1.29, 1.82) is 0 Å². The van der Waals surface area contributed by atoms with Gasteiger partial charge in [-0.05, 0) is 57.8 Å². The van der Waals surface area contributed by atoms with E-state index < -0.39 is 86.7 Å². The van der Waals surface area contributed by atoms with Crippen molar-refractivity contribution in [3.05, 3.63) is 72.9 Å². The Labute approximate surface area is 415 Å². The Bertz CT molecular complexity index is 1410. The maximum atomic E-state index is 13.0. The third-order valence-corrected chi connectivity index (χ3v) is 12.2. The molecule has 69 heavy (non-hydrogen) atoms. The van der Waals surface area contributed by atoms with Crippen LogP contribution >= 0.6 is 0 Å². The van der Waals surface area contributed by atoms with Crippen LogP contribution in [0.25, 0.3) is 0 Å². The Morgan fingerprint density at radius 3 is 1.42 bits per heavy atom. The number of ether oxygens (including phenoxy) is 6. The minimum absolute atomic E-state index is 0.0198. The van der Waals surface area contributed by atoms with Gasteiger partial charge in [-0.15, -0.1) is 0 Å². The van der Waals surface area contributed by atoms with Crippen LogP contribution in [0.3, 0.4) is 0 Å². The van der Waals surface area contributed by atoms with Crippen molar-refractivity contribution in [2.24, 2.45) is 0 Å². The topological polar surface area (TPSA) is 214 Å². The van der Waals surface area contributed by atoms with E-state index in [1.165, 1.54) is 70.6 Å². The fraction of sp³-hybridized carbons (Fsp3) is 0.764. The van der Waals surface area contributed by atoms with Crippen LogP contribution in [-0.2, 0) is 33.2 Å². The fourth-order valence-electron chi connectivity index (χ4n) is 7.95. The molecule has 2 heterocycles. The zero-order valence-electron chi connectivity index (χ0n) is 42.3. The standard InChI is InChI=1S/C55H94O14/c1-3-5-7-9-11-13-15-17-19-20-21-22-23-25-27-29-31-33-35-37-39-64-41-44(67-47(57)38-36-34-32-30-28-26-24-18-16-14-12-10-8-6-4-2)42-65-54-53(63)51(61)49(59)46(69-54)43-66-55-52(62)50(60)48(58)45(40-56)68-55/h5,7,11,13,17,19,21-22,25,27,31,33,44-46,48-56,58-63H,3-4,6,8-10,12,14-16,18,20,23-24,26,28-30,32,34-43H2,1-2H3/b7-5-,13-11-,19-17-,22-21-,27-25-,33-31-. The molecule has 398 valence electrons. The maximum Gasteiger partial charge on any atom is 0.306 e. The van der Waals surface area contributed by atoms with Gasteiger partial charge in [-0.3, -0.25) is 4.79 Å². The number of hydrogen-bond donors (Lipinski definition) is 7. The molecule has 2 fully saturated rings. The van der Waals surface area contributed by atoms with Gasteiger partial charge < -0.3 is 64.2 Å². The molecule has 0 aromatic heterocycles. The number of unbranched alkanes of at least 4 members (excludes halogenated alkanes) is 15. The molecule has 14 nitrogen and oxygen atoms in total. The number of allylic oxidation sites excluding steroid dienone is 12. The SMILES string of the molecule is CC/C=C\C/C=C\C/C=C\C/C=C\C/C=C\C/C=C\CCCOCC(COC1OC(COC2OC(CO)C(O)C(O)C2O)C(O)C(O)C1O)OC(=O)CCCCCCCCCCCCCCCCC. The summed E-state index contributed by atoms with van der Waals surface area (Å²) in [5, 5.41) is 72.2. The van der Waals surface area contributed by atoms with E-state index in [1.54, 1.807) is 0 Å². The molecule has 0 spiro atoms. The highest BCUT2D eigenvalue weighted by atomic mass is 16.7. The molecule has 0 bridgehead atoms. The number of esters is 1. The van der Waals surface area contributed by atoms with Gasteiger partial charge in [0.05, 0.1) is 26.4 Å². The summed E-state index contributed by atoms with van der Waals surface area (Å²) >= 11 is 0. The molecular formula is C55H94O14. The zero-order chi connectivity index (χ0) is 50.2. The first-order valence-electron chi connectivity index (χ1n) is 26.5. The van der Waals surface area contributed by atoms with Crippen LogP contribution in [0.2, 0.25) is 0 Å². The lowest BCUT2D eigenvalue weighted by Gasteiger charge is -2.42.